The molecule has 5 heteroatoms. The summed E-state index contributed by atoms with van der Waals surface area (Å²) in [5.74, 6) is -1.42. The van der Waals surface area contributed by atoms with Crippen LogP contribution in [0.3, 0.4) is 0 Å². The van der Waals surface area contributed by atoms with Gasteiger partial charge < -0.3 is 14.2 Å². The summed E-state index contributed by atoms with van der Waals surface area (Å²) in [4.78, 5) is 23.9. The Morgan fingerprint density at radius 3 is 1.57 bits per heavy atom. The van der Waals surface area contributed by atoms with Crippen LogP contribution in [-0.2, 0) is 23.8 Å². The molecule has 0 radical (unpaired) electrons. The number of carbonyl (C=O) groups excluding carboxylic acids is 2. The molecule has 0 aliphatic rings. The zero-order chi connectivity index (χ0) is 16.4. The first-order valence-electron chi connectivity index (χ1n) is 7.72. The Bertz CT molecular complexity index is 288. The summed E-state index contributed by atoms with van der Waals surface area (Å²) < 4.78 is 15.7. The molecule has 0 rings (SSSR count). The number of carbonyl (C=O) groups is 2. The Morgan fingerprint density at radius 1 is 0.762 bits per heavy atom. The molecule has 0 amide bonds. The lowest BCUT2D eigenvalue weighted by Gasteiger charge is -2.18. The lowest BCUT2D eigenvalue weighted by atomic mass is 10.1. The smallest absolute Gasteiger partial charge is 0.320 e. The Kier molecular flexibility index (Phi) is 10.0. The van der Waals surface area contributed by atoms with Gasteiger partial charge in [0.05, 0.1) is 12.2 Å². The summed E-state index contributed by atoms with van der Waals surface area (Å²) in [7, 11) is 0. The lowest BCUT2D eigenvalue weighted by molar-refractivity contribution is -0.167. The highest BCUT2D eigenvalue weighted by molar-refractivity contribution is 5.95. The fourth-order valence-electron chi connectivity index (χ4n) is 1.58. The van der Waals surface area contributed by atoms with Gasteiger partial charge in [-0.1, -0.05) is 13.8 Å². The van der Waals surface area contributed by atoms with Crippen molar-refractivity contribution in [3.8, 4) is 0 Å². The van der Waals surface area contributed by atoms with E-state index in [0.29, 0.717) is 19.1 Å². The Balaban J connectivity index is 4.37. The van der Waals surface area contributed by atoms with E-state index in [1.807, 2.05) is 0 Å². The fourth-order valence-corrected chi connectivity index (χ4v) is 1.58. The van der Waals surface area contributed by atoms with Gasteiger partial charge in [-0.3, -0.25) is 9.59 Å². The van der Waals surface area contributed by atoms with Crippen molar-refractivity contribution >= 4 is 11.9 Å². The molecule has 124 valence electrons. The van der Waals surface area contributed by atoms with E-state index in [0.717, 1.165) is 6.42 Å². The van der Waals surface area contributed by atoms with Gasteiger partial charge in [0.25, 0.3) is 0 Å². The van der Waals surface area contributed by atoms with Crippen molar-refractivity contribution in [2.24, 2.45) is 11.8 Å². The van der Waals surface area contributed by atoms with Crippen LogP contribution in [0.5, 0.6) is 0 Å². The Labute approximate surface area is 128 Å². The second-order valence-electron chi connectivity index (χ2n) is 6.11. The van der Waals surface area contributed by atoms with E-state index >= 15 is 0 Å². The molecular formula is C16H30O5. The molecule has 0 aliphatic heterocycles. The summed E-state index contributed by atoms with van der Waals surface area (Å²) in [6.07, 6.45) is 0.731. The number of esters is 2. The highest BCUT2D eigenvalue weighted by Crippen LogP contribution is 2.12. The molecule has 0 aromatic carbocycles. The quantitative estimate of drug-likeness (QED) is 0.353. The topological polar surface area (TPSA) is 61.8 Å². The maximum Gasteiger partial charge on any atom is 0.320 e. The maximum atomic E-state index is 12.0. The van der Waals surface area contributed by atoms with E-state index in [2.05, 4.69) is 13.8 Å². The van der Waals surface area contributed by atoms with E-state index in [1.165, 1.54) is 0 Å². The number of hydrogen-bond acceptors (Lipinski definition) is 5. The second-order valence-corrected chi connectivity index (χ2v) is 6.11. The summed E-state index contributed by atoms with van der Waals surface area (Å²) >= 11 is 0. The molecule has 0 saturated heterocycles. The average molecular weight is 302 g/mol. The third kappa shape index (κ3) is 10.3. The third-order valence-corrected chi connectivity index (χ3v) is 2.66. The van der Waals surface area contributed by atoms with Crippen molar-refractivity contribution in [3.05, 3.63) is 0 Å². The van der Waals surface area contributed by atoms with Crippen molar-refractivity contribution in [2.75, 3.05) is 13.2 Å². The van der Waals surface area contributed by atoms with Gasteiger partial charge in [-0.2, -0.15) is 0 Å². The summed E-state index contributed by atoms with van der Waals surface area (Å²) in [6, 6.07) is 0. The Hall–Kier alpha value is -1.10. The second kappa shape index (κ2) is 10.6. The summed E-state index contributed by atoms with van der Waals surface area (Å²) in [5, 5.41) is 0. The highest BCUT2D eigenvalue weighted by atomic mass is 16.6. The number of ether oxygens (including phenoxy) is 3. The van der Waals surface area contributed by atoms with Gasteiger partial charge >= 0.3 is 11.9 Å². The molecule has 0 spiro atoms. The van der Waals surface area contributed by atoms with Gasteiger partial charge in [0, 0.05) is 13.2 Å². The molecule has 0 aromatic heterocycles. The predicted molar refractivity (Wildman–Crippen MR) is 80.8 cm³/mol. The molecule has 5 nitrogen and oxygen atoms in total. The van der Waals surface area contributed by atoms with Crippen molar-refractivity contribution < 1.29 is 23.8 Å². The molecule has 0 heterocycles. The van der Waals surface area contributed by atoms with Gasteiger partial charge in [-0.05, 0) is 46.5 Å². The van der Waals surface area contributed by atoms with E-state index < -0.39 is 17.9 Å². The first-order valence-corrected chi connectivity index (χ1v) is 7.72. The fraction of sp³-hybridized carbons (Fsp3) is 0.875. The van der Waals surface area contributed by atoms with Crippen LogP contribution < -0.4 is 0 Å². The van der Waals surface area contributed by atoms with Crippen LogP contribution in [0.25, 0.3) is 0 Å². The van der Waals surface area contributed by atoms with Gasteiger partial charge in [0.1, 0.15) is 0 Å². The molecule has 0 atom stereocenters. The summed E-state index contributed by atoms with van der Waals surface area (Å²) in [6.45, 7) is 12.2. The molecule has 0 aromatic rings. The zero-order valence-electron chi connectivity index (χ0n) is 14.2. The molecule has 0 saturated carbocycles. The molecule has 0 unspecified atom stereocenters. The van der Waals surface area contributed by atoms with E-state index in [-0.39, 0.29) is 18.6 Å². The normalized spacial score (nSPS) is 11.5. The lowest BCUT2D eigenvalue weighted by Crippen LogP contribution is -2.32. The monoisotopic (exact) mass is 302 g/mol. The van der Waals surface area contributed by atoms with Gasteiger partial charge in [0.2, 0.25) is 0 Å². The van der Waals surface area contributed by atoms with Crippen molar-refractivity contribution in [3.63, 3.8) is 0 Å². The van der Waals surface area contributed by atoms with Crippen LogP contribution in [0, 0.1) is 11.8 Å². The largest absolute Gasteiger partial charge is 0.462 e. The van der Waals surface area contributed by atoms with Crippen molar-refractivity contribution in [1.82, 2.24) is 0 Å². The molecule has 0 fully saturated rings. The predicted octanol–water partition coefficient (Wildman–Crippen LogP) is 2.96. The number of rotatable bonds is 10. The van der Waals surface area contributed by atoms with Crippen molar-refractivity contribution in [2.45, 2.75) is 66.6 Å². The minimum atomic E-state index is -0.908. The molecular weight excluding hydrogens is 272 g/mol. The third-order valence-electron chi connectivity index (χ3n) is 2.66. The highest BCUT2D eigenvalue weighted by Gasteiger charge is 2.30. The molecule has 0 bridgehead atoms. The Morgan fingerprint density at radius 2 is 1.19 bits per heavy atom. The zero-order valence-corrected chi connectivity index (χ0v) is 14.2. The van der Waals surface area contributed by atoms with Gasteiger partial charge in [0.15, 0.2) is 5.92 Å². The minimum Gasteiger partial charge on any atom is -0.462 e. The standard InChI is InChI=1S/C16H30O5/c1-11(2)7-9-19-10-8-14(15(17)20-12(3)4)16(18)21-13(5)6/h11-14H,7-10H2,1-6H3. The average Bonchev–Trinajstić information content (AvgIpc) is 2.30. The first-order chi connectivity index (χ1) is 9.73. The minimum absolute atomic E-state index is 0.256. The van der Waals surface area contributed by atoms with Gasteiger partial charge in [-0.15, -0.1) is 0 Å². The first kappa shape index (κ1) is 19.9. The van der Waals surface area contributed by atoms with E-state index in [4.69, 9.17) is 14.2 Å². The van der Waals surface area contributed by atoms with Crippen LogP contribution >= 0.6 is 0 Å². The maximum absolute atomic E-state index is 12.0. The van der Waals surface area contributed by atoms with Gasteiger partial charge in [-0.25, -0.2) is 0 Å². The van der Waals surface area contributed by atoms with Crippen molar-refractivity contribution in [1.29, 1.82) is 0 Å². The van der Waals surface area contributed by atoms with Crippen LogP contribution in [0.4, 0.5) is 0 Å². The van der Waals surface area contributed by atoms with E-state index in [1.54, 1.807) is 27.7 Å². The van der Waals surface area contributed by atoms with Crippen LogP contribution in [0.1, 0.15) is 54.4 Å². The molecule has 21 heavy (non-hydrogen) atoms. The van der Waals surface area contributed by atoms with Crippen LogP contribution in [-0.4, -0.2) is 37.4 Å². The molecule has 0 N–H and O–H groups in total. The van der Waals surface area contributed by atoms with E-state index in [9.17, 15) is 9.59 Å². The SMILES string of the molecule is CC(C)CCOCCC(C(=O)OC(C)C)C(=O)OC(C)C. The number of hydrogen-bond donors (Lipinski definition) is 0. The van der Waals surface area contributed by atoms with Crippen LogP contribution in [0.2, 0.25) is 0 Å². The van der Waals surface area contributed by atoms with Crippen LogP contribution in [0.15, 0.2) is 0 Å². The molecule has 0 aliphatic carbocycles. The summed E-state index contributed by atoms with van der Waals surface area (Å²) in [5.41, 5.74) is 0.